The van der Waals surface area contributed by atoms with Gasteiger partial charge in [-0.1, -0.05) is 36.2 Å². The number of nitrogens with zero attached hydrogens (tertiary/aromatic N) is 1. The van der Waals surface area contributed by atoms with Crippen molar-refractivity contribution in [2.75, 3.05) is 26.7 Å². The SMILES string of the molecule is COc1ccccc1C(CNCc1ccc(Cl)s1)N1CCCCC1. The summed E-state index contributed by atoms with van der Waals surface area (Å²) in [4.78, 5) is 3.87. The van der Waals surface area contributed by atoms with Crippen molar-refractivity contribution in [1.82, 2.24) is 10.2 Å². The van der Waals surface area contributed by atoms with Gasteiger partial charge in [0.25, 0.3) is 0 Å². The number of rotatable bonds is 7. The molecule has 1 N–H and O–H groups in total. The molecular weight excluding hydrogens is 340 g/mol. The van der Waals surface area contributed by atoms with Gasteiger partial charge in [-0.3, -0.25) is 4.90 Å². The van der Waals surface area contributed by atoms with Crippen LogP contribution in [0.3, 0.4) is 0 Å². The van der Waals surface area contributed by atoms with Crippen LogP contribution in [0.1, 0.15) is 35.7 Å². The van der Waals surface area contributed by atoms with Crippen LogP contribution in [0.5, 0.6) is 5.75 Å². The Bertz CT molecular complexity index is 640. The molecule has 1 saturated heterocycles. The molecule has 0 spiro atoms. The molecule has 0 bridgehead atoms. The van der Waals surface area contributed by atoms with Gasteiger partial charge in [-0.15, -0.1) is 11.3 Å². The van der Waals surface area contributed by atoms with E-state index in [1.807, 2.05) is 12.1 Å². The molecule has 3 rings (SSSR count). The minimum atomic E-state index is 0.344. The summed E-state index contributed by atoms with van der Waals surface area (Å²) in [5, 5.41) is 3.62. The average molecular weight is 365 g/mol. The molecule has 1 unspecified atom stereocenters. The highest BCUT2D eigenvalue weighted by Gasteiger charge is 2.24. The van der Waals surface area contributed by atoms with E-state index in [0.717, 1.165) is 36.3 Å². The third-order valence-electron chi connectivity index (χ3n) is 4.60. The van der Waals surface area contributed by atoms with Gasteiger partial charge in [0.15, 0.2) is 0 Å². The van der Waals surface area contributed by atoms with Crippen LogP contribution in [0, 0.1) is 0 Å². The van der Waals surface area contributed by atoms with Gasteiger partial charge in [-0.25, -0.2) is 0 Å². The second kappa shape index (κ2) is 8.86. The van der Waals surface area contributed by atoms with Gasteiger partial charge in [0.1, 0.15) is 5.75 Å². The van der Waals surface area contributed by atoms with Crippen LogP contribution in [0.2, 0.25) is 4.34 Å². The maximum atomic E-state index is 6.03. The Morgan fingerprint density at radius 2 is 1.96 bits per heavy atom. The van der Waals surface area contributed by atoms with Crippen LogP contribution < -0.4 is 10.1 Å². The number of hydrogen-bond donors (Lipinski definition) is 1. The monoisotopic (exact) mass is 364 g/mol. The van der Waals surface area contributed by atoms with E-state index in [2.05, 4.69) is 34.5 Å². The molecule has 0 aliphatic carbocycles. The number of thiophene rings is 1. The van der Waals surface area contributed by atoms with Crippen molar-refractivity contribution in [3.05, 3.63) is 51.2 Å². The number of benzene rings is 1. The second-order valence-electron chi connectivity index (χ2n) is 6.19. The van der Waals surface area contributed by atoms with E-state index in [-0.39, 0.29) is 0 Å². The van der Waals surface area contributed by atoms with Gasteiger partial charge in [-0.2, -0.15) is 0 Å². The van der Waals surface area contributed by atoms with Crippen molar-refractivity contribution in [1.29, 1.82) is 0 Å². The summed E-state index contributed by atoms with van der Waals surface area (Å²) in [6, 6.07) is 12.8. The van der Waals surface area contributed by atoms with Crippen molar-refractivity contribution in [2.45, 2.75) is 31.8 Å². The molecule has 1 fully saturated rings. The van der Waals surface area contributed by atoms with Crippen LogP contribution in [-0.2, 0) is 6.54 Å². The Balaban J connectivity index is 1.71. The maximum Gasteiger partial charge on any atom is 0.123 e. The van der Waals surface area contributed by atoms with Crippen LogP contribution >= 0.6 is 22.9 Å². The number of hydrogen-bond acceptors (Lipinski definition) is 4. The summed E-state index contributed by atoms with van der Waals surface area (Å²) >= 11 is 7.67. The van der Waals surface area contributed by atoms with E-state index in [1.54, 1.807) is 18.4 Å². The molecule has 1 aliphatic heterocycles. The molecule has 0 radical (unpaired) electrons. The lowest BCUT2D eigenvalue weighted by Crippen LogP contribution is -2.39. The Morgan fingerprint density at radius 1 is 1.17 bits per heavy atom. The van der Waals surface area contributed by atoms with E-state index in [1.165, 1.54) is 29.7 Å². The molecule has 1 aliphatic rings. The van der Waals surface area contributed by atoms with Crippen molar-refractivity contribution in [3.63, 3.8) is 0 Å². The van der Waals surface area contributed by atoms with Crippen LogP contribution in [0.15, 0.2) is 36.4 Å². The average Bonchev–Trinajstić information content (AvgIpc) is 3.05. The molecule has 0 saturated carbocycles. The Hall–Kier alpha value is -1.07. The predicted molar refractivity (Wildman–Crippen MR) is 102 cm³/mol. The fourth-order valence-corrected chi connectivity index (χ4v) is 4.44. The number of para-hydroxylation sites is 1. The normalized spacial score (nSPS) is 16.9. The van der Waals surface area contributed by atoms with Gasteiger partial charge in [0, 0.05) is 23.5 Å². The molecule has 5 heteroatoms. The van der Waals surface area contributed by atoms with E-state index >= 15 is 0 Å². The highest BCUT2D eigenvalue weighted by molar-refractivity contribution is 7.16. The quantitative estimate of drug-likeness (QED) is 0.768. The lowest BCUT2D eigenvalue weighted by atomic mass is 10.0. The number of likely N-dealkylation sites (tertiary alicyclic amines) is 1. The summed E-state index contributed by atoms with van der Waals surface area (Å²) in [6.07, 6.45) is 3.91. The van der Waals surface area contributed by atoms with Gasteiger partial charge in [0.05, 0.1) is 17.5 Å². The van der Waals surface area contributed by atoms with E-state index < -0.39 is 0 Å². The van der Waals surface area contributed by atoms with E-state index in [9.17, 15) is 0 Å². The number of nitrogens with one attached hydrogen (secondary N) is 1. The molecule has 2 heterocycles. The number of piperidine rings is 1. The fraction of sp³-hybridized carbons (Fsp3) is 0.474. The molecule has 0 amide bonds. The summed E-state index contributed by atoms with van der Waals surface area (Å²) in [7, 11) is 1.76. The summed E-state index contributed by atoms with van der Waals surface area (Å²) < 4.78 is 6.47. The van der Waals surface area contributed by atoms with Crippen molar-refractivity contribution >= 4 is 22.9 Å². The topological polar surface area (TPSA) is 24.5 Å². The van der Waals surface area contributed by atoms with Crippen molar-refractivity contribution in [2.24, 2.45) is 0 Å². The fourth-order valence-electron chi connectivity index (χ4n) is 3.39. The molecule has 130 valence electrons. The van der Waals surface area contributed by atoms with Gasteiger partial charge < -0.3 is 10.1 Å². The zero-order chi connectivity index (χ0) is 16.8. The molecule has 1 atom stereocenters. The van der Waals surface area contributed by atoms with Gasteiger partial charge in [-0.05, 0) is 44.1 Å². The molecule has 1 aromatic carbocycles. The lowest BCUT2D eigenvalue weighted by Gasteiger charge is -2.35. The molecule has 24 heavy (non-hydrogen) atoms. The van der Waals surface area contributed by atoms with Gasteiger partial charge >= 0.3 is 0 Å². The third kappa shape index (κ3) is 4.51. The predicted octanol–water partition coefficient (Wildman–Crippen LogP) is 4.73. The minimum Gasteiger partial charge on any atom is -0.496 e. The molecule has 2 aromatic rings. The summed E-state index contributed by atoms with van der Waals surface area (Å²) in [5.74, 6) is 0.981. The lowest BCUT2D eigenvalue weighted by molar-refractivity contribution is 0.157. The first-order chi connectivity index (χ1) is 11.8. The van der Waals surface area contributed by atoms with Crippen molar-refractivity contribution < 1.29 is 4.74 Å². The number of ether oxygens (including phenoxy) is 1. The maximum absolute atomic E-state index is 6.03. The smallest absolute Gasteiger partial charge is 0.123 e. The third-order valence-corrected chi connectivity index (χ3v) is 5.83. The zero-order valence-electron chi connectivity index (χ0n) is 14.1. The summed E-state index contributed by atoms with van der Waals surface area (Å²) in [5.41, 5.74) is 1.28. The first-order valence-electron chi connectivity index (χ1n) is 8.60. The highest BCUT2D eigenvalue weighted by Crippen LogP contribution is 2.31. The minimum absolute atomic E-state index is 0.344. The number of methoxy groups -OCH3 is 1. The largest absolute Gasteiger partial charge is 0.496 e. The Labute approximate surface area is 153 Å². The Kier molecular flexibility index (Phi) is 6.55. The number of halogens is 1. The standard InChI is InChI=1S/C19H25ClN2OS/c1-23-18-8-4-3-7-16(18)17(22-11-5-2-6-12-22)14-21-13-15-9-10-19(20)24-15/h3-4,7-10,17,21H,2,5-6,11-14H2,1H3. The first kappa shape index (κ1) is 17.7. The highest BCUT2D eigenvalue weighted by atomic mass is 35.5. The van der Waals surface area contributed by atoms with E-state index in [0.29, 0.717) is 6.04 Å². The Morgan fingerprint density at radius 3 is 2.67 bits per heavy atom. The van der Waals surface area contributed by atoms with Crippen LogP contribution in [-0.4, -0.2) is 31.6 Å². The molecule has 3 nitrogen and oxygen atoms in total. The zero-order valence-corrected chi connectivity index (χ0v) is 15.7. The van der Waals surface area contributed by atoms with Crippen LogP contribution in [0.25, 0.3) is 0 Å². The van der Waals surface area contributed by atoms with E-state index in [4.69, 9.17) is 16.3 Å². The van der Waals surface area contributed by atoms with Gasteiger partial charge in [0.2, 0.25) is 0 Å². The van der Waals surface area contributed by atoms with Crippen LogP contribution in [0.4, 0.5) is 0 Å². The second-order valence-corrected chi connectivity index (χ2v) is 7.99. The molecular formula is C19H25ClN2OS. The molecule has 1 aromatic heterocycles. The first-order valence-corrected chi connectivity index (χ1v) is 9.79. The summed E-state index contributed by atoms with van der Waals surface area (Å²) in [6.45, 7) is 4.09. The van der Waals surface area contributed by atoms with Crippen molar-refractivity contribution in [3.8, 4) is 5.75 Å².